The first kappa shape index (κ1) is 27.0. The van der Waals surface area contributed by atoms with Crippen LogP contribution < -0.4 is 5.32 Å². The van der Waals surface area contributed by atoms with Gasteiger partial charge in [0.25, 0.3) is 0 Å². The number of nitrogens with zero attached hydrogens (tertiary/aromatic N) is 5. The lowest BCUT2D eigenvalue weighted by Gasteiger charge is -2.24. The molecule has 0 aliphatic carbocycles. The molecule has 0 saturated carbocycles. The molecule has 0 radical (unpaired) electrons. The number of Topliss-reactive ketones (excluding diaryl/α,β-unsaturated/α-hetero) is 1. The number of allylic oxidation sites excluding steroid dienone is 2. The summed E-state index contributed by atoms with van der Waals surface area (Å²) in [6, 6.07) is 4.25. The van der Waals surface area contributed by atoms with Crippen molar-refractivity contribution in [2.75, 3.05) is 6.54 Å². The number of hydrogen-bond donors (Lipinski definition) is 1. The molecular weight excluding hydrogens is 494 g/mol. The number of aromatic nitrogens is 4. The second-order valence-electron chi connectivity index (χ2n) is 9.83. The van der Waals surface area contributed by atoms with E-state index in [0.29, 0.717) is 16.7 Å². The minimum absolute atomic E-state index is 0.0404. The lowest BCUT2D eigenvalue weighted by atomic mass is 10.0. The van der Waals surface area contributed by atoms with Crippen molar-refractivity contribution in [3.05, 3.63) is 53.6 Å². The fourth-order valence-corrected chi connectivity index (χ4v) is 4.57. The summed E-state index contributed by atoms with van der Waals surface area (Å²) in [6.07, 6.45) is 1.78. The van der Waals surface area contributed by atoms with Gasteiger partial charge in [-0.05, 0) is 31.5 Å². The molecule has 0 unspecified atom stereocenters. The molecule has 1 N–H and O–H groups in total. The molecule has 1 fully saturated rings. The van der Waals surface area contributed by atoms with E-state index in [1.807, 2.05) is 6.07 Å². The highest BCUT2D eigenvalue weighted by Gasteiger charge is 2.40. The normalized spacial score (nSPS) is 18.2. The molecule has 1 aliphatic heterocycles. The van der Waals surface area contributed by atoms with Crippen molar-refractivity contribution in [3.8, 4) is 11.1 Å². The van der Waals surface area contributed by atoms with E-state index in [9.17, 15) is 23.2 Å². The number of halogens is 2. The molecule has 3 heterocycles. The van der Waals surface area contributed by atoms with E-state index in [2.05, 4.69) is 20.4 Å². The Morgan fingerprint density at radius 3 is 2.45 bits per heavy atom. The summed E-state index contributed by atoms with van der Waals surface area (Å²) in [5.74, 6) is -1.74. The summed E-state index contributed by atoms with van der Waals surface area (Å²) in [4.78, 5) is 48.1. The van der Waals surface area contributed by atoms with E-state index in [4.69, 9.17) is 0 Å². The van der Waals surface area contributed by atoms with Gasteiger partial charge in [0.2, 0.25) is 11.8 Å². The van der Waals surface area contributed by atoms with Crippen molar-refractivity contribution in [2.24, 2.45) is 5.92 Å². The van der Waals surface area contributed by atoms with Crippen molar-refractivity contribution in [1.29, 1.82) is 0 Å². The number of fused-ring (bicyclic) bond motifs is 1. The molecule has 3 aromatic rings. The molecule has 11 heteroatoms. The topological polar surface area (TPSA) is 110 Å². The highest BCUT2D eigenvalue weighted by Crippen LogP contribution is 2.28. The van der Waals surface area contributed by atoms with Gasteiger partial charge in [0, 0.05) is 48.3 Å². The van der Waals surface area contributed by atoms with Crippen molar-refractivity contribution < 1.29 is 23.2 Å². The molecule has 2 aromatic heterocycles. The molecule has 38 heavy (non-hydrogen) atoms. The van der Waals surface area contributed by atoms with Crippen LogP contribution >= 0.6 is 0 Å². The number of benzene rings is 1. The number of carbonyl (C=O) groups excluding carboxylic acids is 3. The number of carbonyl (C=O) groups is 3. The fourth-order valence-electron chi connectivity index (χ4n) is 4.57. The maximum atomic E-state index is 14.4. The average molecular weight is 525 g/mol. The smallest absolute Gasteiger partial charge is 0.247 e. The van der Waals surface area contributed by atoms with Gasteiger partial charge < -0.3 is 10.2 Å². The number of rotatable bonds is 7. The number of amides is 2. The Hall–Kier alpha value is -4.02. The maximum Gasteiger partial charge on any atom is 0.247 e. The van der Waals surface area contributed by atoms with E-state index in [1.54, 1.807) is 45.3 Å². The number of likely N-dealkylation sites (tertiary alicyclic amines) is 1. The van der Waals surface area contributed by atoms with E-state index in [1.165, 1.54) is 18.5 Å². The summed E-state index contributed by atoms with van der Waals surface area (Å²) < 4.78 is 30.0. The third kappa shape index (κ3) is 5.46. The van der Waals surface area contributed by atoms with E-state index >= 15 is 0 Å². The Balaban J connectivity index is 1.61. The zero-order valence-corrected chi connectivity index (χ0v) is 22.0. The SMILES string of the molecule is CC(=O)c1nn(CC(=O)N2C[C@H](F)C[C@H]2C(=O)NC(C)=C(F)C(C)C)c2ccc(-c3cnc(C)nc3)cc12. The van der Waals surface area contributed by atoms with Crippen LogP contribution in [0.5, 0.6) is 0 Å². The van der Waals surface area contributed by atoms with Crippen LogP contribution in [0.25, 0.3) is 22.0 Å². The summed E-state index contributed by atoms with van der Waals surface area (Å²) in [7, 11) is 0. The fraction of sp³-hybridized carbons (Fsp3) is 0.407. The number of hydrogen-bond acceptors (Lipinski definition) is 6. The molecule has 1 saturated heterocycles. The van der Waals surface area contributed by atoms with Gasteiger partial charge in [0.15, 0.2) is 5.78 Å². The molecular formula is C27H30F2N6O3. The summed E-state index contributed by atoms with van der Waals surface area (Å²) in [5, 5.41) is 7.39. The van der Waals surface area contributed by atoms with Crippen LogP contribution in [-0.2, 0) is 16.1 Å². The number of ketones is 1. The third-order valence-electron chi connectivity index (χ3n) is 6.53. The van der Waals surface area contributed by atoms with Crippen LogP contribution in [0.4, 0.5) is 8.78 Å². The number of nitrogens with one attached hydrogen (secondary N) is 1. The van der Waals surface area contributed by atoms with Crippen LogP contribution in [0, 0.1) is 12.8 Å². The van der Waals surface area contributed by atoms with E-state index in [-0.39, 0.29) is 36.7 Å². The second kappa shape index (κ2) is 10.8. The zero-order chi connectivity index (χ0) is 27.7. The first-order valence-corrected chi connectivity index (χ1v) is 12.4. The molecule has 2 amide bonds. The van der Waals surface area contributed by atoms with Crippen LogP contribution in [0.2, 0.25) is 0 Å². The third-order valence-corrected chi connectivity index (χ3v) is 6.53. The van der Waals surface area contributed by atoms with Gasteiger partial charge in [-0.3, -0.25) is 19.1 Å². The minimum Gasteiger partial charge on any atom is -0.326 e. The summed E-state index contributed by atoms with van der Waals surface area (Å²) >= 11 is 0. The van der Waals surface area contributed by atoms with Gasteiger partial charge in [-0.25, -0.2) is 18.7 Å². The lowest BCUT2D eigenvalue weighted by molar-refractivity contribution is -0.138. The van der Waals surface area contributed by atoms with Gasteiger partial charge in [-0.15, -0.1) is 0 Å². The molecule has 2 atom stereocenters. The molecule has 0 spiro atoms. The van der Waals surface area contributed by atoms with E-state index in [0.717, 1.165) is 16.0 Å². The molecule has 1 aliphatic rings. The first-order valence-electron chi connectivity index (χ1n) is 12.4. The van der Waals surface area contributed by atoms with Crippen LogP contribution in [-0.4, -0.2) is 61.0 Å². The van der Waals surface area contributed by atoms with Gasteiger partial charge in [0.1, 0.15) is 36.1 Å². The summed E-state index contributed by atoms with van der Waals surface area (Å²) in [6.45, 7) is 7.33. The molecule has 0 bridgehead atoms. The van der Waals surface area contributed by atoms with Gasteiger partial charge >= 0.3 is 0 Å². The lowest BCUT2D eigenvalue weighted by Crippen LogP contribution is -2.46. The Kier molecular flexibility index (Phi) is 7.66. The van der Waals surface area contributed by atoms with Crippen LogP contribution in [0.15, 0.2) is 42.1 Å². The first-order chi connectivity index (χ1) is 18.0. The van der Waals surface area contributed by atoms with Crippen molar-refractivity contribution in [1.82, 2.24) is 30.0 Å². The molecule has 1 aromatic carbocycles. The second-order valence-corrected chi connectivity index (χ2v) is 9.83. The van der Waals surface area contributed by atoms with Crippen molar-refractivity contribution in [3.63, 3.8) is 0 Å². The maximum absolute atomic E-state index is 14.4. The van der Waals surface area contributed by atoms with Gasteiger partial charge in [0.05, 0.1) is 12.1 Å². The van der Waals surface area contributed by atoms with Crippen LogP contribution in [0.3, 0.4) is 0 Å². The highest BCUT2D eigenvalue weighted by atomic mass is 19.1. The Labute approximate surface area is 218 Å². The Morgan fingerprint density at radius 1 is 1.13 bits per heavy atom. The average Bonchev–Trinajstić information content (AvgIpc) is 3.44. The van der Waals surface area contributed by atoms with Crippen LogP contribution in [0.1, 0.15) is 50.4 Å². The molecule has 9 nitrogen and oxygen atoms in total. The number of aryl methyl sites for hydroxylation is 1. The zero-order valence-electron chi connectivity index (χ0n) is 22.0. The predicted molar refractivity (Wildman–Crippen MR) is 137 cm³/mol. The Morgan fingerprint density at radius 2 is 1.82 bits per heavy atom. The predicted octanol–water partition coefficient (Wildman–Crippen LogP) is 3.92. The minimum atomic E-state index is -1.39. The quantitative estimate of drug-likeness (QED) is 0.469. The van der Waals surface area contributed by atoms with E-state index < -0.39 is 35.8 Å². The van der Waals surface area contributed by atoms with Crippen molar-refractivity contribution in [2.45, 2.75) is 59.8 Å². The largest absolute Gasteiger partial charge is 0.326 e. The molecule has 4 rings (SSSR count). The van der Waals surface area contributed by atoms with Gasteiger partial charge in [-0.1, -0.05) is 19.9 Å². The Bertz CT molecular complexity index is 1430. The number of alkyl halides is 1. The molecule has 200 valence electrons. The standard InChI is InChI=1S/C27H30F2N6O3/c1-14(2)25(29)15(3)32-27(38)23-9-20(28)12-34(23)24(37)13-35-22-7-6-18(19-10-30-17(5)31-11-19)8-21(22)26(33-35)16(4)36/h6-8,10-11,14,20,23H,9,12-13H2,1-5H3,(H,32,38)/t20-,23+/m1/s1. The summed E-state index contributed by atoms with van der Waals surface area (Å²) in [5.41, 5.74) is 2.30. The monoisotopic (exact) mass is 524 g/mol. The highest BCUT2D eigenvalue weighted by molar-refractivity contribution is 6.06. The van der Waals surface area contributed by atoms with Gasteiger partial charge in [-0.2, -0.15) is 5.10 Å². The van der Waals surface area contributed by atoms with Crippen molar-refractivity contribution >= 4 is 28.5 Å².